The predicted octanol–water partition coefficient (Wildman–Crippen LogP) is 8.18. The van der Waals surface area contributed by atoms with Gasteiger partial charge in [0.25, 0.3) is 0 Å². The van der Waals surface area contributed by atoms with Crippen molar-refractivity contribution in [3.05, 3.63) is 0 Å². The molecular formula is C36H66N2O2. The Bertz CT molecular complexity index is 687. The van der Waals surface area contributed by atoms with Crippen LogP contribution in [0.1, 0.15) is 131 Å². The molecule has 0 radical (unpaired) electrons. The molecule has 5 rings (SSSR count). The molecule has 0 aromatic rings. The van der Waals surface area contributed by atoms with Crippen LogP contribution in [0.2, 0.25) is 0 Å². The molecule has 2 unspecified atom stereocenters. The Hall–Kier alpha value is -0.160. The molecule has 4 heteroatoms. The van der Waals surface area contributed by atoms with Gasteiger partial charge in [0, 0.05) is 25.2 Å². The van der Waals surface area contributed by atoms with Crippen molar-refractivity contribution in [2.45, 2.75) is 156 Å². The molecule has 3 aliphatic carbocycles. The summed E-state index contributed by atoms with van der Waals surface area (Å²) >= 11 is 0. The molecule has 0 aromatic carbocycles. The first-order valence-corrected chi connectivity index (χ1v) is 17.9. The molecule has 2 heterocycles. The lowest BCUT2D eigenvalue weighted by molar-refractivity contribution is -0.0105. The van der Waals surface area contributed by atoms with Crippen LogP contribution < -0.4 is 0 Å². The zero-order chi connectivity index (χ0) is 28.3. The van der Waals surface area contributed by atoms with E-state index in [1.54, 1.807) is 0 Å². The zero-order valence-electron chi connectivity index (χ0n) is 27.5. The summed E-state index contributed by atoms with van der Waals surface area (Å²) in [6.45, 7) is 22.2. The number of ether oxygens (including phenoxy) is 2. The lowest BCUT2D eigenvalue weighted by Gasteiger charge is -2.51. The molecule has 232 valence electrons. The molecule has 40 heavy (non-hydrogen) atoms. The maximum Gasteiger partial charge on any atom is 0.0936 e. The van der Waals surface area contributed by atoms with Crippen LogP contribution in [0.15, 0.2) is 0 Å². The van der Waals surface area contributed by atoms with Crippen molar-refractivity contribution >= 4 is 0 Å². The first-order chi connectivity index (χ1) is 19.2. The Morgan fingerprint density at radius 1 is 0.500 bits per heavy atom. The van der Waals surface area contributed by atoms with Crippen LogP contribution in [0.25, 0.3) is 0 Å². The second-order valence-corrected chi connectivity index (χ2v) is 16.1. The minimum atomic E-state index is 0.501. The van der Waals surface area contributed by atoms with Crippen molar-refractivity contribution in [3.63, 3.8) is 0 Å². The van der Waals surface area contributed by atoms with E-state index in [2.05, 4.69) is 51.3 Å². The van der Waals surface area contributed by atoms with E-state index in [0.717, 1.165) is 49.0 Å². The van der Waals surface area contributed by atoms with Crippen LogP contribution >= 0.6 is 0 Å². The third-order valence-corrected chi connectivity index (χ3v) is 13.1. The Labute approximate surface area is 248 Å². The molecule has 4 nitrogen and oxygen atoms in total. The molecule has 2 aliphatic heterocycles. The molecule has 0 spiro atoms. The van der Waals surface area contributed by atoms with Crippen molar-refractivity contribution in [1.82, 2.24) is 9.80 Å². The summed E-state index contributed by atoms with van der Waals surface area (Å²) in [5.41, 5.74) is 1.00. The van der Waals surface area contributed by atoms with E-state index in [1.165, 1.54) is 116 Å². The van der Waals surface area contributed by atoms with Crippen LogP contribution in [0.3, 0.4) is 0 Å². The molecule has 5 aliphatic rings. The number of rotatable bonds is 14. The van der Waals surface area contributed by atoms with Gasteiger partial charge in [-0.05, 0) is 137 Å². The highest BCUT2D eigenvalue weighted by atomic mass is 16.6. The van der Waals surface area contributed by atoms with E-state index in [0.29, 0.717) is 23.0 Å². The van der Waals surface area contributed by atoms with Gasteiger partial charge in [0.05, 0.1) is 25.4 Å². The lowest BCUT2D eigenvalue weighted by atomic mass is 9.55. The molecular weight excluding hydrogens is 492 g/mol. The van der Waals surface area contributed by atoms with E-state index in [4.69, 9.17) is 9.47 Å². The first kappa shape index (κ1) is 31.3. The zero-order valence-corrected chi connectivity index (χ0v) is 27.5. The van der Waals surface area contributed by atoms with Crippen molar-refractivity contribution < 1.29 is 9.47 Å². The molecule has 0 aromatic heterocycles. The van der Waals surface area contributed by atoms with Crippen LogP contribution in [0.5, 0.6) is 0 Å². The van der Waals surface area contributed by atoms with Crippen LogP contribution in [0, 0.1) is 34.5 Å². The highest BCUT2D eigenvalue weighted by Gasteiger charge is 2.46. The van der Waals surface area contributed by atoms with Gasteiger partial charge in [-0.1, -0.05) is 41.5 Å². The Balaban J connectivity index is 1.07. The Morgan fingerprint density at radius 3 is 1.02 bits per heavy atom. The van der Waals surface area contributed by atoms with Crippen molar-refractivity contribution in [2.75, 3.05) is 39.4 Å². The Kier molecular flexibility index (Phi) is 10.7. The van der Waals surface area contributed by atoms with Gasteiger partial charge >= 0.3 is 0 Å². The van der Waals surface area contributed by atoms with E-state index >= 15 is 0 Å². The summed E-state index contributed by atoms with van der Waals surface area (Å²) in [4.78, 5) is 5.56. The third-order valence-electron chi connectivity index (χ3n) is 13.1. The number of hydrogen-bond acceptors (Lipinski definition) is 4. The van der Waals surface area contributed by atoms with E-state index in [9.17, 15) is 0 Å². The minimum absolute atomic E-state index is 0.501. The SMILES string of the molecule is CCCN(CC1CO1)C1CCC(C(C)(C)C2CCC(C(C)(C)C3CCC(N(CCC)CC4CO4)CC3)CC2)CC1. The van der Waals surface area contributed by atoms with Crippen LogP contribution in [0.4, 0.5) is 0 Å². The average molecular weight is 559 g/mol. The van der Waals surface area contributed by atoms with Crippen LogP contribution in [-0.2, 0) is 9.47 Å². The maximum atomic E-state index is 5.59. The molecule has 0 amide bonds. The molecule has 2 saturated heterocycles. The summed E-state index contributed by atoms with van der Waals surface area (Å²) in [6, 6.07) is 1.61. The normalized spacial score (nSPS) is 37.2. The minimum Gasteiger partial charge on any atom is -0.372 e. The van der Waals surface area contributed by atoms with E-state index in [1.807, 2.05) is 0 Å². The first-order valence-electron chi connectivity index (χ1n) is 17.9. The van der Waals surface area contributed by atoms with Crippen LogP contribution in [-0.4, -0.2) is 73.5 Å². The van der Waals surface area contributed by atoms with Gasteiger partial charge in [0.2, 0.25) is 0 Å². The fourth-order valence-electron chi connectivity index (χ4n) is 9.91. The third kappa shape index (κ3) is 7.67. The topological polar surface area (TPSA) is 31.5 Å². The molecule has 0 N–H and O–H groups in total. The van der Waals surface area contributed by atoms with E-state index in [-0.39, 0.29) is 0 Å². The summed E-state index contributed by atoms with van der Waals surface area (Å²) in [6.07, 6.45) is 20.9. The number of nitrogens with zero attached hydrogens (tertiary/aromatic N) is 2. The quantitative estimate of drug-likeness (QED) is 0.201. The average Bonchev–Trinajstić information content (AvgIpc) is 3.90. The molecule has 2 atom stereocenters. The highest BCUT2D eigenvalue weighted by Crippen LogP contribution is 2.54. The monoisotopic (exact) mass is 559 g/mol. The van der Waals surface area contributed by atoms with Gasteiger partial charge in [-0.15, -0.1) is 0 Å². The van der Waals surface area contributed by atoms with Gasteiger partial charge in [-0.3, -0.25) is 9.80 Å². The Morgan fingerprint density at radius 2 is 0.775 bits per heavy atom. The predicted molar refractivity (Wildman–Crippen MR) is 168 cm³/mol. The van der Waals surface area contributed by atoms with Gasteiger partial charge in [0.1, 0.15) is 0 Å². The second kappa shape index (κ2) is 13.6. The van der Waals surface area contributed by atoms with Crippen molar-refractivity contribution in [3.8, 4) is 0 Å². The highest BCUT2D eigenvalue weighted by molar-refractivity contribution is 4.97. The summed E-state index contributed by atoms with van der Waals surface area (Å²) < 4.78 is 11.2. The fourth-order valence-corrected chi connectivity index (χ4v) is 9.91. The van der Waals surface area contributed by atoms with Gasteiger partial charge < -0.3 is 9.47 Å². The number of epoxide rings is 2. The smallest absolute Gasteiger partial charge is 0.0936 e. The summed E-state index contributed by atoms with van der Waals surface area (Å²) in [5.74, 6) is 3.69. The van der Waals surface area contributed by atoms with Crippen molar-refractivity contribution in [2.24, 2.45) is 34.5 Å². The number of hydrogen-bond donors (Lipinski definition) is 0. The summed E-state index contributed by atoms with van der Waals surface area (Å²) in [7, 11) is 0. The van der Waals surface area contributed by atoms with Crippen molar-refractivity contribution in [1.29, 1.82) is 0 Å². The largest absolute Gasteiger partial charge is 0.372 e. The maximum absolute atomic E-state index is 5.59. The lowest BCUT2D eigenvalue weighted by Crippen LogP contribution is -2.45. The van der Waals surface area contributed by atoms with Gasteiger partial charge in [-0.2, -0.15) is 0 Å². The van der Waals surface area contributed by atoms with Gasteiger partial charge in [0.15, 0.2) is 0 Å². The van der Waals surface area contributed by atoms with E-state index < -0.39 is 0 Å². The van der Waals surface area contributed by atoms with Gasteiger partial charge in [-0.25, -0.2) is 0 Å². The molecule has 0 bridgehead atoms. The summed E-state index contributed by atoms with van der Waals surface area (Å²) in [5, 5.41) is 0. The molecule has 3 saturated carbocycles. The standard InChI is InChI=1S/C36H66N2O2/c1-7-21-37(23-33-25-39-33)31-17-13-29(14-18-31)35(3,4)27-9-11-28(12-10-27)36(5,6)30-15-19-32(20-16-30)38(22-8-2)24-34-26-40-34/h27-34H,7-26H2,1-6H3. The fraction of sp³-hybridized carbons (Fsp3) is 1.00. The second-order valence-electron chi connectivity index (χ2n) is 16.1. The molecule has 5 fully saturated rings.